The molecule has 0 bridgehead atoms. The van der Waals surface area contributed by atoms with Crippen LogP contribution in [-0.2, 0) is 19.2 Å². The fourth-order valence-corrected chi connectivity index (χ4v) is 12.5. The molecule has 4 N–H and O–H groups in total. The lowest BCUT2D eigenvalue weighted by Gasteiger charge is -2.18. The minimum atomic E-state index is -0.377. The van der Waals surface area contributed by atoms with Crippen LogP contribution in [0.2, 0.25) is 0 Å². The largest absolute Gasteiger partial charge is 0.355 e. The van der Waals surface area contributed by atoms with Crippen LogP contribution in [0, 0.1) is 0 Å². The van der Waals surface area contributed by atoms with Gasteiger partial charge in [-0.3, -0.25) is 19.2 Å². The molecule has 0 aliphatic carbocycles. The Bertz CT molecular complexity index is 1510. The van der Waals surface area contributed by atoms with E-state index in [2.05, 4.69) is 73.3 Å². The van der Waals surface area contributed by atoms with Crippen molar-refractivity contribution in [3.8, 4) is 0 Å². The molecule has 2 unspecified atom stereocenters. The van der Waals surface area contributed by atoms with Crippen molar-refractivity contribution in [2.24, 2.45) is 0 Å². The molecule has 0 aromatic rings. The van der Waals surface area contributed by atoms with Crippen molar-refractivity contribution >= 4 is 23.6 Å². The number of carbonyl (C=O) groups excluding carboxylic acids is 4. The van der Waals surface area contributed by atoms with Crippen LogP contribution in [0.3, 0.4) is 0 Å². The molecule has 532 valence electrons. The van der Waals surface area contributed by atoms with Gasteiger partial charge in [-0.1, -0.05) is 373 Å². The Morgan fingerprint density at radius 3 is 0.611 bits per heavy atom. The standard InChI is InChI=1S/C42H82N2O2.C40H78N2O2/c1-4-7-9-11-13-15-17-19-21-22-23-25-26-28-30-32-34-36-38-40(42(46)43-6-3)44-41(45)39-37-35-33-31-29-27-24-20-18-16-14-12-10-8-5-2;1-4-7-9-11-13-15-17-19-20-21-22-23-24-25-27-29-31-33-35-37-39(43)42-38(40(44)41-6-3)36-34-32-30-28-26-18-16-14-12-10-8-5-2/h19,21,40H,4-18,20,22-39H2,1-3H3,(H,43,46)(H,44,45);19-20,38H,4-18,21-37H2,1-3H3,(H,41,44)(H,42,43)/b21-19-;20-19-. The highest BCUT2D eigenvalue weighted by molar-refractivity contribution is 5.88. The van der Waals surface area contributed by atoms with Crippen LogP contribution < -0.4 is 21.3 Å². The fraction of sp³-hybridized carbons (Fsp3) is 0.902. The minimum Gasteiger partial charge on any atom is -0.355 e. The summed E-state index contributed by atoms with van der Waals surface area (Å²) in [5.41, 5.74) is 0. The van der Waals surface area contributed by atoms with Gasteiger partial charge in [-0.25, -0.2) is 0 Å². The maximum Gasteiger partial charge on any atom is 0.242 e. The van der Waals surface area contributed by atoms with Crippen molar-refractivity contribution in [2.75, 3.05) is 13.1 Å². The molecule has 0 heterocycles. The number of hydrogen-bond donors (Lipinski definition) is 4. The number of nitrogens with one attached hydrogen (secondary N) is 4. The molecule has 8 heteroatoms. The molecule has 0 saturated carbocycles. The predicted octanol–water partition coefficient (Wildman–Crippen LogP) is 25.4. The second kappa shape index (κ2) is 78.8. The fourth-order valence-electron chi connectivity index (χ4n) is 12.5. The summed E-state index contributed by atoms with van der Waals surface area (Å²) in [6.07, 6.45) is 90.6. The van der Waals surface area contributed by atoms with Gasteiger partial charge < -0.3 is 21.3 Å². The number of unbranched alkanes of at least 4 members (excludes halogenated alkanes) is 54. The molecule has 0 radical (unpaired) electrons. The van der Waals surface area contributed by atoms with Crippen molar-refractivity contribution in [3.05, 3.63) is 24.3 Å². The highest BCUT2D eigenvalue weighted by Crippen LogP contribution is 2.19. The van der Waals surface area contributed by atoms with E-state index in [0.717, 1.165) is 64.2 Å². The Morgan fingerprint density at radius 2 is 0.411 bits per heavy atom. The van der Waals surface area contributed by atoms with Crippen LogP contribution in [0.5, 0.6) is 0 Å². The number of rotatable bonds is 72. The molecule has 8 nitrogen and oxygen atoms in total. The van der Waals surface area contributed by atoms with E-state index in [1.807, 2.05) is 13.8 Å². The van der Waals surface area contributed by atoms with Crippen LogP contribution in [0.4, 0.5) is 0 Å². The first kappa shape index (κ1) is 89.4. The molecule has 4 amide bonds. The van der Waals surface area contributed by atoms with Crippen molar-refractivity contribution in [2.45, 2.75) is 465 Å². The highest BCUT2D eigenvalue weighted by Gasteiger charge is 2.21. The summed E-state index contributed by atoms with van der Waals surface area (Å²) in [6, 6.07) is -0.751. The molecular formula is C82H160N4O4. The Hall–Kier alpha value is -2.64. The van der Waals surface area contributed by atoms with Gasteiger partial charge in [0.1, 0.15) is 12.1 Å². The molecule has 0 aromatic carbocycles. The SMILES string of the molecule is CCCCCCCC/C=C\CCCCCCCCCCC(NC(=O)CCCCCCCCCCCCCCCCC)C(=O)NCC.CCCCCCCC/C=C\CCCCCCCCCCCC(=O)NC(CCCCCCCCCCCCCC)C(=O)NCC. The van der Waals surface area contributed by atoms with Crippen LogP contribution in [-0.4, -0.2) is 48.8 Å². The number of hydrogen-bond acceptors (Lipinski definition) is 4. The Morgan fingerprint density at radius 1 is 0.233 bits per heavy atom. The number of likely N-dealkylation sites (N-methyl/N-ethyl adjacent to an activating group) is 2. The van der Waals surface area contributed by atoms with Crippen LogP contribution in [0.1, 0.15) is 452 Å². The zero-order valence-electron chi connectivity index (χ0n) is 61.8. The van der Waals surface area contributed by atoms with Gasteiger partial charge >= 0.3 is 0 Å². The van der Waals surface area contributed by atoms with Gasteiger partial charge in [-0.2, -0.15) is 0 Å². The van der Waals surface area contributed by atoms with E-state index in [1.165, 1.54) is 334 Å². The summed E-state index contributed by atoms with van der Waals surface area (Å²) in [5, 5.41) is 11.9. The monoisotopic (exact) mass is 1270 g/mol. The highest BCUT2D eigenvalue weighted by atomic mass is 16.2. The van der Waals surface area contributed by atoms with E-state index in [4.69, 9.17) is 0 Å². The molecule has 0 fully saturated rings. The minimum absolute atomic E-state index is 0.0200. The lowest BCUT2D eigenvalue weighted by atomic mass is 10.0. The third-order valence-electron chi connectivity index (χ3n) is 18.5. The third kappa shape index (κ3) is 72.8. The van der Waals surface area contributed by atoms with Gasteiger partial charge in [0.2, 0.25) is 23.6 Å². The van der Waals surface area contributed by atoms with Crippen LogP contribution in [0.15, 0.2) is 24.3 Å². The summed E-state index contributed by atoms with van der Waals surface area (Å²) in [6.45, 7) is 14.2. The Kier molecular flexibility index (Phi) is 78.3. The Labute approximate surface area is 563 Å². The molecule has 0 aromatic heterocycles. The van der Waals surface area contributed by atoms with Crippen molar-refractivity contribution in [1.29, 1.82) is 0 Å². The van der Waals surface area contributed by atoms with Gasteiger partial charge in [-0.15, -0.1) is 0 Å². The zero-order chi connectivity index (χ0) is 65.8. The molecule has 0 saturated heterocycles. The molecule has 0 aliphatic rings. The smallest absolute Gasteiger partial charge is 0.242 e. The molecule has 90 heavy (non-hydrogen) atoms. The third-order valence-corrected chi connectivity index (χ3v) is 18.5. The average molecular weight is 1270 g/mol. The van der Waals surface area contributed by atoms with Crippen molar-refractivity contribution in [3.63, 3.8) is 0 Å². The average Bonchev–Trinajstić information content (AvgIpc) is 3.73. The second-order valence-electron chi connectivity index (χ2n) is 27.6. The molecule has 0 spiro atoms. The van der Waals surface area contributed by atoms with E-state index >= 15 is 0 Å². The first-order valence-electron chi connectivity index (χ1n) is 40.7. The van der Waals surface area contributed by atoms with E-state index in [-0.39, 0.29) is 35.7 Å². The Balaban J connectivity index is 0. The molecular weight excluding hydrogens is 1100 g/mol. The number of carbonyl (C=O) groups is 4. The first-order valence-corrected chi connectivity index (χ1v) is 40.7. The van der Waals surface area contributed by atoms with Gasteiger partial charge in [-0.05, 0) is 90.9 Å². The maximum absolute atomic E-state index is 12.6. The summed E-state index contributed by atoms with van der Waals surface area (Å²) in [7, 11) is 0. The lowest BCUT2D eigenvalue weighted by molar-refractivity contribution is -0.129. The first-order chi connectivity index (χ1) is 44.3. The van der Waals surface area contributed by atoms with Crippen molar-refractivity contribution < 1.29 is 19.2 Å². The van der Waals surface area contributed by atoms with E-state index < -0.39 is 0 Å². The number of amides is 4. The summed E-state index contributed by atoms with van der Waals surface area (Å²) < 4.78 is 0. The lowest BCUT2D eigenvalue weighted by Crippen LogP contribution is -2.46. The van der Waals surface area contributed by atoms with Gasteiger partial charge in [0.15, 0.2) is 0 Å². The quantitative estimate of drug-likeness (QED) is 0.0359. The van der Waals surface area contributed by atoms with Crippen LogP contribution in [0.25, 0.3) is 0 Å². The summed E-state index contributed by atoms with van der Waals surface area (Å²) in [5.74, 6) is 0.0471. The van der Waals surface area contributed by atoms with Crippen LogP contribution >= 0.6 is 0 Å². The van der Waals surface area contributed by atoms with Gasteiger partial charge in [0.05, 0.1) is 0 Å². The normalized spacial score (nSPS) is 12.2. The maximum atomic E-state index is 12.6. The predicted molar refractivity (Wildman–Crippen MR) is 398 cm³/mol. The van der Waals surface area contributed by atoms with Gasteiger partial charge in [0.25, 0.3) is 0 Å². The molecule has 0 aliphatic heterocycles. The van der Waals surface area contributed by atoms with E-state index in [0.29, 0.717) is 25.9 Å². The second-order valence-corrected chi connectivity index (χ2v) is 27.6. The molecule has 2 atom stereocenters. The van der Waals surface area contributed by atoms with E-state index in [9.17, 15) is 19.2 Å². The summed E-state index contributed by atoms with van der Waals surface area (Å²) in [4.78, 5) is 50.3. The summed E-state index contributed by atoms with van der Waals surface area (Å²) >= 11 is 0. The van der Waals surface area contributed by atoms with Gasteiger partial charge in [0, 0.05) is 25.9 Å². The topological polar surface area (TPSA) is 116 Å². The molecule has 0 rings (SSSR count). The number of allylic oxidation sites excluding steroid dienone is 4. The van der Waals surface area contributed by atoms with E-state index in [1.54, 1.807) is 0 Å². The van der Waals surface area contributed by atoms with Crippen molar-refractivity contribution in [1.82, 2.24) is 21.3 Å². The zero-order valence-corrected chi connectivity index (χ0v) is 61.8.